The van der Waals surface area contributed by atoms with Gasteiger partial charge in [0.25, 0.3) is 0 Å². The summed E-state index contributed by atoms with van der Waals surface area (Å²) in [5, 5.41) is 0. The number of piperazine rings is 2. The average Bonchev–Trinajstić information content (AvgIpc) is 2.88. The average molecular weight is 463 g/mol. The Morgan fingerprint density at radius 2 is 1.41 bits per heavy atom. The van der Waals surface area contributed by atoms with Crippen molar-refractivity contribution in [3.63, 3.8) is 0 Å². The van der Waals surface area contributed by atoms with Gasteiger partial charge in [-0.3, -0.25) is 0 Å². The first-order valence-corrected chi connectivity index (χ1v) is 11.8. The van der Waals surface area contributed by atoms with Gasteiger partial charge in [-0.2, -0.15) is 0 Å². The molecule has 3 aromatic rings. The minimum atomic E-state index is -0.247. The summed E-state index contributed by atoms with van der Waals surface area (Å²) in [5.41, 5.74) is 2.74. The van der Waals surface area contributed by atoms with Crippen LogP contribution in [0.15, 0.2) is 36.7 Å². The molecule has 178 valence electrons. The fourth-order valence-electron chi connectivity index (χ4n) is 4.48. The molecule has 4 heterocycles. The molecule has 0 atom stereocenters. The SMILES string of the molecule is CCOC(=O)N1CCN(c2nc3ccccc3nc2N2CCN(c3cc(C)ncn3)CC2)CC1. The Labute approximate surface area is 199 Å². The van der Waals surface area contributed by atoms with Crippen LogP contribution in [0.5, 0.6) is 0 Å². The number of amides is 1. The van der Waals surface area contributed by atoms with Gasteiger partial charge in [0.1, 0.15) is 12.1 Å². The van der Waals surface area contributed by atoms with Crippen molar-refractivity contribution in [1.82, 2.24) is 24.8 Å². The molecule has 2 aliphatic heterocycles. The van der Waals surface area contributed by atoms with Crippen LogP contribution in [0.4, 0.5) is 22.2 Å². The number of rotatable bonds is 4. The zero-order valence-electron chi connectivity index (χ0n) is 19.7. The molecule has 1 amide bonds. The van der Waals surface area contributed by atoms with Crippen LogP contribution in [0.1, 0.15) is 12.6 Å². The lowest BCUT2D eigenvalue weighted by molar-refractivity contribution is 0.105. The number of hydrogen-bond donors (Lipinski definition) is 0. The second-order valence-corrected chi connectivity index (χ2v) is 8.52. The molecule has 34 heavy (non-hydrogen) atoms. The summed E-state index contributed by atoms with van der Waals surface area (Å²) in [6.07, 6.45) is 1.38. The Kier molecular flexibility index (Phi) is 6.29. The number of hydrogen-bond acceptors (Lipinski definition) is 9. The van der Waals surface area contributed by atoms with Crippen molar-refractivity contribution >= 4 is 34.6 Å². The van der Waals surface area contributed by atoms with Crippen molar-refractivity contribution in [2.75, 3.05) is 73.7 Å². The molecule has 2 fully saturated rings. The van der Waals surface area contributed by atoms with Crippen LogP contribution in [-0.4, -0.2) is 89.9 Å². The van der Waals surface area contributed by atoms with Crippen molar-refractivity contribution in [2.24, 2.45) is 0 Å². The highest BCUT2D eigenvalue weighted by Gasteiger charge is 2.28. The third-order valence-corrected chi connectivity index (χ3v) is 6.33. The standard InChI is InChI=1S/C24H30N8O2/c1-3-34-24(33)32-14-12-31(13-15-32)23-22(27-19-6-4-5-7-20(19)28-23)30-10-8-29(9-11-30)21-16-18(2)25-17-26-21/h4-7,16-17H,3,8-15H2,1-2H3. The number of aryl methyl sites for hydroxylation is 1. The number of ether oxygens (including phenoxy) is 1. The lowest BCUT2D eigenvalue weighted by Crippen LogP contribution is -2.51. The first-order valence-electron chi connectivity index (χ1n) is 11.8. The molecule has 0 saturated carbocycles. The minimum Gasteiger partial charge on any atom is -0.450 e. The van der Waals surface area contributed by atoms with Crippen molar-refractivity contribution in [2.45, 2.75) is 13.8 Å². The molecule has 1 aromatic carbocycles. The monoisotopic (exact) mass is 462 g/mol. The number of para-hydroxylation sites is 2. The van der Waals surface area contributed by atoms with E-state index in [0.717, 1.165) is 60.4 Å². The van der Waals surface area contributed by atoms with E-state index in [9.17, 15) is 4.79 Å². The van der Waals surface area contributed by atoms with E-state index >= 15 is 0 Å². The van der Waals surface area contributed by atoms with Crippen LogP contribution in [0, 0.1) is 6.92 Å². The molecular formula is C24H30N8O2. The lowest BCUT2D eigenvalue weighted by Gasteiger charge is -2.39. The fourth-order valence-corrected chi connectivity index (χ4v) is 4.48. The predicted octanol–water partition coefficient (Wildman–Crippen LogP) is 2.33. The largest absolute Gasteiger partial charge is 0.450 e. The zero-order valence-corrected chi connectivity index (χ0v) is 19.7. The molecular weight excluding hydrogens is 432 g/mol. The number of carbonyl (C=O) groups is 1. The highest BCUT2D eigenvalue weighted by atomic mass is 16.6. The Hall–Kier alpha value is -3.69. The number of nitrogens with zero attached hydrogens (tertiary/aromatic N) is 8. The van der Waals surface area contributed by atoms with Crippen LogP contribution < -0.4 is 14.7 Å². The zero-order chi connectivity index (χ0) is 23.5. The van der Waals surface area contributed by atoms with Gasteiger partial charge in [-0.25, -0.2) is 24.7 Å². The molecule has 0 bridgehead atoms. The van der Waals surface area contributed by atoms with E-state index in [4.69, 9.17) is 14.7 Å². The molecule has 0 N–H and O–H groups in total. The first-order chi connectivity index (χ1) is 16.6. The van der Waals surface area contributed by atoms with Gasteiger partial charge in [-0.15, -0.1) is 0 Å². The van der Waals surface area contributed by atoms with E-state index in [-0.39, 0.29) is 6.09 Å². The summed E-state index contributed by atoms with van der Waals surface area (Å²) >= 11 is 0. The Bertz CT molecular complexity index is 1160. The maximum absolute atomic E-state index is 12.1. The first kappa shape index (κ1) is 22.1. The molecule has 10 heteroatoms. The van der Waals surface area contributed by atoms with Gasteiger partial charge < -0.3 is 24.3 Å². The van der Waals surface area contributed by atoms with Crippen LogP contribution in [-0.2, 0) is 4.74 Å². The predicted molar refractivity (Wildman–Crippen MR) is 132 cm³/mol. The molecule has 2 saturated heterocycles. The third-order valence-electron chi connectivity index (χ3n) is 6.33. The molecule has 0 aliphatic carbocycles. The maximum Gasteiger partial charge on any atom is 0.409 e. The van der Waals surface area contributed by atoms with E-state index in [0.29, 0.717) is 32.8 Å². The number of aromatic nitrogens is 4. The lowest BCUT2D eigenvalue weighted by atomic mass is 10.2. The van der Waals surface area contributed by atoms with Gasteiger partial charge in [0, 0.05) is 64.1 Å². The van der Waals surface area contributed by atoms with Crippen LogP contribution in [0.3, 0.4) is 0 Å². The smallest absolute Gasteiger partial charge is 0.409 e. The highest BCUT2D eigenvalue weighted by Crippen LogP contribution is 2.30. The Morgan fingerprint density at radius 1 is 0.853 bits per heavy atom. The van der Waals surface area contributed by atoms with Gasteiger partial charge in [0.05, 0.1) is 17.6 Å². The molecule has 0 spiro atoms. The normalized spacial score (nSPS) is 16.8. The molecule has 0 radical (unpaired) electrons. The topological polar surface area (TPSA) is 90.8 Å². The van der Waals surface area contributed by atoms with Crippen LogP contribution >= 0.6 is 0 Å². The molecule has 0 unspecified atom stereocenters. The van der Waals surface area contributed by atoms with Crippen molar-refractivity contribution < 1.29 is 9.53 Å². The molecule has 2 aliphatic rings. The van der Waals surface area contributed by atoms with Crippen molar-refractivity contribution in [1.29, 1.82) is 0 Å². The van der Waals surface area contributed by atoms with Gasteiger partial charge >= 0.3 is 6.09 Å². The Morgan fingerprint density at radius 3 is 1.97 bits per heavy atom. The fraction of sp³-hybridized carbons (Fsp3) is 0.458. The number of anilines is 3. The second kappa shape index (κ2) is 9.66. The summed E-state index contributed by atoms with van der Waals surface area (Å²) in [7, 11) is 0. The van der Waals surface area contributed by atoms with Crippen molar-refractivity contribution in [3.8, 4) is 0 Å². The van der Waals surface area contributed by atoms with Crippen LogP contribution in [0.25, 0.3) is 11.0 Å². The summed E-state index contributed by atoms with van der Waals surface area (Å²) in [5.74, 6) is 2.75. The minimum absolute atomic E-state index is 0.247. The summed E-state index contributed by atoms with van der Waals surface area (Å²) in [6, 6.07) is 10.0. The van der Waals surface area contributed by atoms with Gasteiger partial charge in [-0.05, 0) is 26.0 Å². The van der Waals surface area contributed by atoms with E-state index in [2.05, 4.69) is 24.7 Å². The summed E-state index contributed by atoms with van der Waals surface area (Å²) in [4.78, 5) is 39.5. The summed E-state index contributed by atoms with van der Waals surface area (Å²) in [6.45, 7) is 10.1. The summed E-state index contributed by atoms with van der Waals surface area (Å²) < 4.78 is 5.17. The van der Waals surface area contributed by atoms with E-state index < -0.39 is 0 Å². The van der Waals surface area contributed by atoms with E-state index in [1.165, 1.54) is 0 Å². The number of benzene rings is 1. The van der Waals surface area contributed by atoms with Gasteiger partial charge in [0.15, 0.2) is 11.6 Å². The maximum atomic E-state index is 12.1. The van der Waals surface area contributed by atoms with Gasteiger partial charge in [-0.1, -0.05) is 12.1 Å². The quantitative estimate of drug-likeness (QED) is 0.579. The van der Waals surface area contributed by atoms with E-state index in [1.807, 2.05) is 44.2 Å². The molecule has 10 nitrogen and oxygen atoms in total. The number of carbonyl (C=O) groups excluding carboxylic acids is 1. The molecule has 2 aromatic heterocycles. The molecule has 5 rings (SSSR count). The van der Waals surface area contributed by atoms with Gasteiger partial charge in [0.2, 0.25) is 0 Å². The van der Waals surface area contributed by atoms with Crippen molar-refractivity contribution in [3.05, 3.63) is 42.4 Å². The second-order valence-electron chi connectivity index (χ2n) is 8.52. The highest BCUT2D eigenvalue weighted by molar-refractivity contribution is 5.81. The third kappa shape index (κ3) is 4.52. The number of fused-ring (bicyclic) bond motifs is 1. The van der Waals surface area contributed by atoms with Crippen LogP contribution in [0.2, 0.25) is 0 Å². The Balaban J connectivity index is 1.37. The van der Waals surface area contributed by atoms with E-state index in [1.54, 1.807) is 11.2 Å².